The van der Waals surface area contributed by atoms with Gasteiger partial charge in [0.1, 0.15) is 12.4 Å². The van der Waals surface area contributed by atoms with Crippen LogP contribution in [-0.4, -0.2) is 9.55 Å². The normalized spacial score (nSPS) is 11.3. The fourth-order valence-corrected chi connectivity index (χ4v) is 2.77. The van der Waals surface area contributed by atoms with Crippen molar-refractivity contribution in [3.05, 3.63) is 60.0 Å². The highest BCUT2D eigenvalue weighted by Crippen LogP contribution is 2.28. The van der Waals surface area contributed by atoms with Crippen LogP contribution in [0.4, 0.5) is 0 Å². The minimum absolute atomic E-state index is 0.391. The van der Waals surface area contributed by atoms with Gasteiger partial charge in [-0.2, -0.15) is 0 Å². The average Bonchev–Trinajstić information content (AvgIpc) is 2.93. The van der Waals surface area contributed by atoms with Crippen LogP contribution in [0.15, 0.2) is 48.9 Å². The van der Waals surface area contributed by atoms with Crippen LogP contribution in [0.2, 0.25) is 0 Å². The summed E-state index contributed by atoms with van der Waals surface area (Å²) in [7, 11) is 0. The SMILES string of the molecule is CC(C)n1cc(COc2cccnc2)c2c(CN)cccc21. The first-order valence-electron chi connectivity index (χ1n) is 7.55. The second-order valence-electron chi connectivity index (χ2n) is 5.65. The zero-order valence-electron chi connectivity index (χ0n) is 13.0. The highest BCUT2D eigenvalue weighted by Gasteiger charge is 2.13. The molecule has 0 unspecified atom stereocenters. The third kappa shape index (κ3) is 2.70. The van der Waals surface area contributed by atoms with Crippen molar-refractivity contribution < 1.29 is 4.74 Å². The smallest absolute Gasteiger partial charge is 0.138 e. The number of aromatic nitrogens is 2. The molecule has 4 heteroatoms. The van der Waals surface area contributed by atoms with Crippen molar-refractivity contribution in [2.24, 2.45) is 5.73 Å². The molecular formula is C18H21N3O. The van der Waals surface area contributed by atoms with Gasteiger partial charge >= 0.3 is 0 Å². The van der Waals surface area contributed by atoms with Gasteiger partial charge in [-0.3, -0.25) is 4.98 Å². The molecule has 0 aliphatic rings. The van der Waals surface area contributed by atoms with Crippen LogP contribution in [0.5, 0.6) is 5.75 Å². The summed E-state index contributed by atoms with van der Waals surface area (Å²) in [5.74, 6) is 0.776. The van der Waals surface area contributed by atoms with Gasteiger partial charge in [-0.15, -0.1) is 0 Å². The lowest BCUT2D eigenvalue weighted by molar-refractivity contribution is 0.306. The molecule has 0 radical (unpaired) electrons. The standard InChI is InChI=1S/C18H21N3O/c1-13(2)21-11-15(12-22-16-6-4-8-20-10-16)18-14(9-19)5-3-7-17(18)21/h3-8,10-11,13H,9,12,19H2,1-2H3. The lowest BCUT2D eigenvalue weighted by atomic mass is 10.1. The third-order valence-corrected chi connectivity index (χ3v) is 3.83. The number of rotatable bonds is 5. The fraction of sp³-hybridized carbons (Fsp3) is 0.278. The number of ether oxygens (including phenoxy) is 1. The Labute approximate surface area is 130 Å². The highest BCUT2D eigenvalue weighted by molar-refractivity contribution is 5.87. The number of hydrogen-bond donors (Lipinski definition) is 1. The van der Waals surface area contributed by atoms with Crippen LogP contribution in [-0.2, 0) is 13.2 Å². The molecule has 22 heavy (non-hydrogen) atoms. The molecule has 3 rings (SSSR count). The quantitative estimate of drug-likeness (QED) is 0.781. The van der Waals surface area contributed by atoms with E-state index in [4.69, 9.17) is 10.5 Å². The molecule has 2 heterocycles. The number of nitrogens with two attached hydrogens (primary N) is 1. The van der Waals surface area contributed by atoms with E-state index in [9.17, 15) is 0 Å². The second kappa shape index (κ2) is 6.20. The van der Waals surface area contributed by atoms with Crippen LogP contribution >= 0.6 is 0 Å². The van der Waals surface area contributed by atoms with Crippen LogP contribution < -0.4 is 10.5 Å². The molecule has 2 N–H and O–H groups in total. The molecule has 0 fully saturated rings. The van der Waals surface area contributed by atoms with Gasteiger partial charge in [0, 0.05) is 41.4 Å². The van der Waals surface area contributed by atoms with Crippen molar-refractivity contribution >= 4 is 10.9 Å². The maximum absolute atomic E-state index is 5.92. The van der Waals surface area contributed by atoms with E-state index >= 15 is 0 Å². The third-order valence-electron chi connectivity index (χ3n) is 3.83. The van der Waals surface area contributed by atoms with Gasteiger partial charge < -0.3 is 15.0 Å². The van der Waals surface area contributed by atoms with Gasteiger partial charge in [-0.25, -0.2) is 0 Å². The maximum atomic E-state index is 5.92. The van der Waals surface area contributed by atoms with E-state index in [1.165, 1.54) is 10.9 Å². The van der Waals surface area contributed by atoms with E-state index in [-0.39, 0.29) is 0 Å². The Hall–Kier alpha value is -2.33. The average molecular weight is 295 g/mol. The molecule has 114 valence electrons. The van der Waals surface area contributed by atoms with E-state index < -0.39 is 0 Å². The summed E-state index contributed by atoms with van der Waals surface area (Å²) < 4.78 is 8.15. The molecule has 3 aromatic rings. The summed E-state index contributed by atoms with van der Waals surface area (Å²) in [6.45, 7) is 5.40. The fourth-order valence-electron chi connectivity index (χ4n) is 2.77. The minimum atomic E-state index is 0.391. The molecule has 0 saturated heterocycles. The number of pyridine rings is 1. The first-order valence-corrected chi connectivity index (χ1v) is 7.55. The molecule has 0 bridgehead atoms. The van der Waals surface area contributed by atoms with Crippen LogP contribution in [0.25, 0.3) is 10.9 Å². The summed E-state index contributed by atoms with van der Waals surface area (Å²) >= 11 is 0. The number of fused-ring (bicyclic) bond motifs is 1. The van der Waals surface area contributed by atoms with Gasteiger partial charge in [0.05, 0.1) is 6.20 Å². The molecule has 0 aliphatic heterocycles. The van der Waals surface area contributed by atoms with Crippen LogP contribution in [0, 0.1) is 0 Å². The first kappa shape index (κ1) is 14.6. The molecule has 0 aliphatic carbocycles. The second-order valence-corrected chi connectivity index (χ2v) is 5.65. The number of benzene rings is 1. The van der Waals surface area contributed by atoms with E-state index in [1.54, 1.807) is 12.4 Å². The Bertz CT molecular complexity index is 763. The zero-order chi connectivity index (χ0) is 15.5. The molecule has 0 saturated carbocycles. The first-order chi connectivity index (χ1) is 10.7. The lowest BCUT2D eigenvalue weighted by Crippen LogP contribution is -2.00. The topological polar surface area (TPSA) is 53.1 Å². The Morgan fingerprint density at radius 3 is 2.73 bits per heavy atom. The lowest BCUT2D eigenvalue weighted by Gasteiger charge is -2.09. The minimum Gasteiger partial charge on any atom is -0.487 e. The number of hydrogen-bond acceptors (Lipinski definition) is 3. The Kier molecular flexibility index (Phi) is 4.11. The van der Waals surface area contributed by atoms with Gasteiger partial charge in [-0.1, -0.05) is 12.1 Å². The van der Waals surface area contributed by atoms with Crippen molar-refractivity contribution in [2.45, 2.75) is 33.0 Å². The van der Waals surface area contributed by atoms with Crippen molar-refractivity contribution in [1.82, 2.24) is 9.55 Å². The number of nitrogens with zero attached hydrogens (tertiary/aromatic N) is 2. The Morgan fingerprint density at radius 1 is 1.18 bits per heavy atom. The predicted octanol–water partition coefficient (Wildman–Crippen LogP) is 3.65. The molecule has 0 spiro atoms. The van der Waals surface area contributed by atoms with E-state index in [0.717, 1.165) is 16.9 Å². The Morgan fingerprint density at radius 2 is 2.05 bits per heavy atom. The summed E-state index contributed by atoms with van der Waals surface area (Å²) in [4.78, 5) is 4.08. The van der Waals surface area contributed by atoms with Crippen molar-refractivity contribution in [3.63, 3.8) is 0 Å². The van der Waals surface area contributed by atoms with Crippen molar-refractivity contribution in [1.29, 1.82) is 0 Å². The summed E-state index contributed by atoms with van der Waals surface area (Å²) in [6, 6.07) is 10.5. The van der Waals surface area contributed by atoms with Crippen molar-refractivity contribution in [2.75, 3.05) is 0 Å². The monoisotopic (exact) mass is 295 g/mol. The molecular weight excluding hydrogens is 274 g/mol. The van der Waals surface area contributed by atoms with E-state index in [2.05, 4.69) is 47.8 Å². The van der Waals surface area contributed by atoms with Crippen LogP contribution in [0.1, 0.15) is 31.0 Å². The van der Waals surface area contributed by atoms with Gasteiger partial charge in [0.2, 0.25) is 0 Å². The largest absolute Gasteiger partial charge is 0.487 e. The molecule has 1 aromatic carbocycles. The maximum Gasteiger partial charge on any atom is 0.138 e. The zero-order valence-corrected chi connectivity index (χ0v) is 13.0. The summed E-state index contributed by atoms with van der Waals surface area (Å²) in [5.41, 5.74) is 9.44. The summed E-state index contributed by atoms with van der Waals surface area (Å²) in [6.07, 6.45) is 5.64. The van der Waals surface area contributed by atoms with Crippen molar-refractivity contribution in [3.8, 4) is 5.75 Å². The highest BCUT2D eigenvalue weighted by atomic mass is 16.5. The van der Waals surface area contributed by atoms with Gasteiger partial charge in [0.15, 0.2) is 0 Å². The summed E-state index contributed by atoms with van der Waals surface area (Å²) in [5, 5.41) is 1.21. The van der Waals surface area contributed by atoms with Gasteiger partial charge in [-0.05, 0) is 37.6 Å². The Balaban J connectivity index is 2.01. The van der Waals surface area contributed by atoms with Crippen LogP contribution in [0.3, 0.4) is 0 Å². The van der Waals surface area contributed by atoms with Gasteiger partial charge in [0.25, 0.3) is 0 Å². The van der Waals surface area contributed by atoms with E-state index in [0.29, 0.717) is 19.2 Å². The molecule has 0 amide bonds. The molecule has 2 aromatic heterocycles. The molecule has 0 atom stereocenters. The molecule has 4 nitrogen and oxygen atoms in total. The predicted molar refractivity (Wildman–Crippen MR) is 88.8 cm³/mol. The van der Waals surface area contributed by atoms with E-state index in [1.807, 2.05) is 12.1 Å².